The lowest BCUT2D eigenvalue weighted by Crippen LogP contribution is -2.32. The van der Waals surface area contributed by atoms with Gasteiger partial charge in [-0.05, 0) is 13.8 Å². The maximum atomic E-state index is 12.1. The Morgan fingerprint density at radius 3 is 2.27 bits per heavy atom. The Bertz CT molecular complexity index is 920. The maximum absolute atomic E-state index is 12.1. The van der Waals surface area contributed by atoms with Gasteiger partial charge in [-0.2, -0.15) is 0 Å². The number of nitro benzene ring substituents is 2. The van der Waals surface area contributed by atoms with Crippen LogP contribution in [0.5, 0.6) is 0 Å². The van der Waals surface area contributed by atoms with Crippen molar-refractivity contribution in [1.82, 2.24) is 14.9 Å². The number of carbonyl (C=O) groups is 1. The molecule has 0 radical (unpaired) electrons. The van der Waals surface area contributed by atoms with Crippen LogP contribution in [0, 0.1) is 34.1 Å². The van der Waals surface area contributed by atoms with E-state index >= 15 is 0 Å². The summed E-state index contributed by atoms with van der Waals surface area (Å²) in [6.45, 7) is 3.52. The Morgan fingerprint density at radius 1 is 1.15 bits per heavy atom. The number of amides is 1. The van der Waals surface area contributed by atoms with Gasteiger partial charge in [0.1, 0.15) is 0 Å². The lowest BCUT2D eigenvalue weighted by Gasteiger charge is -2.09. The van der Waals surface area contributed by atoms with Gasteiger partial charge < -0.3 is 5.32 Å². The van der Waals surface area contributed by atoms with Crippen LogP contribution in [0.15, 0.2) is 29.3 Å². The number of hydrogen-bond acceptors (Lipinski definition) is 7. The number of nitrogens with one attached hydrogen (secondary N) is 1. The summed E-state index contributed by atoms with van der Waals surface area (Å²) in [5, 5.41) is 24.2. The summed E-state index contributed by atoms with van der Waals surface area (Å²) in [7, 11) is 0. The van der Waals surface area contributed by atoms with Crippen LogP contribution in [0.3, 0.4) is 0 Å². The largest absolute Gasteiger partial charge is 0.350 e. The van der Waals surface area contributed by atoms with E-state index in [4.69, 9.17) is 0 Å². The van der Waals surface area contributed by atoms with Gasteiger partial charge in [-0.15, -0.1) is 0 Å². The maximum Gasteiger partial charge on any atom is 0.277 e. The molecule has 0 spiro atoms. The Hall–Kier alpha value is -3.63. The molecule has 0 saturated carbocycles. The Balaban J connectivity index is 2.13. The van der Waals surface area contributed by atoms with Gasteiger partial charge >= 0.3 is 0 Å². The van der Waals surface area contributed by atoms with Crippen molar-refractivity contribution in [1.29, 1.82) is 0 Å². The second-order valence-corrected chi connectivity index (χ2v) is 5.46. The monoisotopic (exact) mass is 361 g/mol. The first kappa shape index (κ1) is 18.7. The molecule has 11 nitrogen and oxygen atoms in total. The zero-order valence-corrected chi connectivity index (χ0v) is 14.0. The Kier molecular flexibility index (Phi) is 5.40. The third-order valence-corrected chi connectivity index (χ3v) is 3.74. The van der Waals surface area contributed by atoms with Gasteiger partial charge in [-0.1, -0.05) is 0 Å². The van der Waals surface area contributed by atoms with Crippen LogP contribution in [0.2, 0.25) is 0 Å². The van der Waals surface area contributed by atoms with Crippen LogP contribution < -0.4 is 10.9 Å². The fraction of sp³-hybridized carbons (Fsp3) is 0.267. The molecule has 0 atom stereocenters. The number of hydrogen-bond donors (Lipinski definition) is 1. The van der Waals surface area contributed by atoms with Gasteiger partial charge in [0.05, 0.1) is 27.8 Å². The lowest BCUT2D eigenvalue weighted by atomic mass is 10.1. The summed E-state index contributed by atoms with van der Waals surface area (Å²) in [5.74, 6) is -0.721. The molecular weight excluding hydrogens is 346 g/mol. The van der Waals surface area contributed by atoms with Crippen LogP contribution >= 0.6 is 0 Å². The minimum absolute atomic E-state index is 0.0411. The van der Waals surface area contributed by atoms with Crippen molar-refractivity contribution in [3.63, 3.8) is 0 Å². The van der Waals surface area contributed by atoms with Crippen molar-refractivity contribution in [2.24, 2.45) is 0 Å². The van der Waals surface area contributed by atoms with Crippen molar-refractivity contribution in [3.8, 4) is 0 Å². The SMILES string of the molecule is Cc1ncn(CCNC(=O)c2cc([N+](=O)[O-])cc([N+](=O)[O-])c2)c(=O)c1C. The number of benzene rings is 1. The molecule has 0 aliphatic carbocycles. The average Bonchev–Trinajstić information content (AvgIpc) is 2.61. The first-order chi connectivity index (χ1) is 12.2. The summed E-state index contributed by atoms with van der Waals surface area (Å²) >= 11 is 0. The number of rotatable bonds is 6. The topological polar surface area (TPSA) is 150 Å². The molecule has 1 heterocycles. The summed E-state index contributed by atoms with van der Waals surface area (Å²) in [4.78, 5) is 48.3. The predicted molar refractivity (Wildman–Crippen MR) is 90.1 cm³/mol. The van der Waals surface area contributed by atoms with Gasteiger partial charge in [0.25, 0.3) is 22.8 Å². The fourth-order valence-electron chi connectivity index (χ4n) is 2.16. The van der Waals surface area contributed by atoms with Gasteiger partial charge in [0.2, 0.25) is 0 Å². The molecule has 1 N–H and O–H groups in total. The Labute approximate surface area is 146 Å². The number of nitro groups is 2. The molecular formula is C15H15N5O6. The first-order valence-corrected chi connectivity index (χ1v) is 7.45. The quantitative estimate of drug-likeness (QED) is 0.598. The highest BCUT2D eigenvalue weighted by Gasteiger charge is 2.19. The van der Waals surface area contributed by atoms with Gasteiger partial charge in [0, 0.05) is 36.5 Å². The van der Waals surface area contributed by atoms with E-state index in [0.29, 0.717) is 11.3 Å². The molecule has 0 saturated heterocycles. The number of nitrogens with zero attached hydrogens (tertiary/aromatic N) is 4. The molecule has 1 amide bonds. The summed E-state index contributed by atoms with van der Waals surface area (Å²) < 4.78 is 1.32. The lowest BCUT2D eigenvalue weighted by molar-refractivity contribution is -0.394. The molecule has 0 aliphatic rings. The third kappa shape index (κ3) is 4.06. The minimum atomic E-state index is -0.815. The molecule has 2 aromatic rings. The van der Waals surface area contributed by atoms with E-state index in [1.54, 1.807) is 13.8 Å². The van der Waals surface area contributed by atoms with Crippen LogP contribution in [-0.4, -0.2) is 31.8 Å². The molecule has 0 fully saturated rings. The summed E-state index contributed by atoms with van der Waals surface area (Å²) in [6.07, 6.45) is 1.36. The zero-order chi connectivity index (χ0) is 19.4. The van der Waals surface area contributed by atoms with Crippen molar-refractivity contribution < 1.29 is 14.6 Å². The van der Waals surface area contributed by atoms with Crippen molar-refractivity contribution in [2.45, 2.75) is 20.4 Å². The van der Waals surface area contributed by atoms with E-state index in [0.717, 1.165) is 18.2 Å². The van der Waals surface area contributed by atoms with Crippen LogP contribution in [0.1, 0.15) is 21.6 Å². The molecule has 26 heavy (non-hydrogen) atoms. The van der Waals surface area contributed by atoms with Gasteiger partial charge in [0.15, 0.2) is 0 Å². The summed E-state index contributed by atoms with van der Waals surface area (Å²) in [6, 6.07) is 2.68. The number of carbonyl (C=O) groups excluding carboxylic acids is 1. The van der Waals surface area contributed by atoms with Gasteiger partial charge in [-0.3, -0.25) is 34.4 Å². The normalized spacial score (nSPS) is 10.4. The highest BCUT2D eigenvalue weighted by molar-refractivity contribution is 5.95. The van der Waals surface area contributed by atoms with Crippen molar-refractivity contribution in [3.05, 3.63) is 71.9 Å². The van der Waals surface area contributed by atoms with E-state index < -0.39 is 27.1 Å². The first-order valence-electron chi connectivity index (χ1n) is 7.45. The van der Waals surface area contributed by atoms with E-state index in [1.165, 1.54) is 10.9 Å². The third-order valence-electron chi connectivity index (χ3n) is 3.74. The van der Waals surface area contributed by atoms with E-state index in [1.807, 2.05) is 0 Å². The highest BCUT2D eigenvalue weighted by atomic mass is 16.6. The summed E-state index contributed by atoms with van der Waals surface area (Å²) in [5.41, 5.74) is -0.459. The van der Waals surface area contributed by atoms with Crippen molar-refractivity contribution >= 4 is 17.3 Å². The van der Waals surface area contributed by atoms with E-state index in [-0.39, 0.29) is 24.2 Å². The average molecular weight is 361 g/mol. The number of non-ortho nitro benzene ring substituents is 2. The number of aryl methyl sites for hydroxylation is 1. The molecule has 2 rings (SSSR count). The zero-order valence-electron chi connectivity index (χ0n) is 14.0. The van der Waals surface area contributed by atoms with E-state index in [9.17, 15) is 29.8 Å². The Morgan fingerprint density at radius 2 is 1.73 bits per heavy atom. The van der Waals surface area contributed by atoms with Crippen molar-refractivity contribution in [2.75, 3.05) is 6.54 Å². The van der Waals surface area contributed by atoms with Crippen LogP contribution in [0.25, 0.3) is 0 Å². The van der Waals surface area contributed by atoms with Crippen LogP contribution in [0.4, 0.5) is 11.4 Å². The van der Waals surface area contributed by atoms with Gasteiger partial charge in [-0.25, -0.2) is 4.98 Å². The molecule has 136 valence electrons. The molecule has 0 bridgehead atoms. The highest BCUT2D eigenvalue weighted by Crippen LogP contribution is 2.22. The molecule has 0 unspecified atom stereocenters. The predicted octanol–water partition coefficient (Wildman–Crippen LogP) is 1.11. The van der Waals surface area contributed by atoms with E-state index in [2.05, 4.69) is 10.3 Å². The fourth-order valence-corrected chi connectivity index (χ4v) is 2.16. The smallest absolute Gasteiger partial charge is 0.277 e. The molecule has 1 aromatic carbocycles. The molecule has 0 aliphatic heterocycles. The standard InChI is InChI=1S/C15H15N5O6/c1-9-10(2)17-8-18(15(9)22)4-3-16-14(21)11-5-12(19(23)24)7-13(6-11)20(25)26/h5-8H,3-4H2,1-2H3,(H,16,21). The minimum Gasteiger partial charge on any atom is -0.350 e. The second-order valence-electron chi connectivity index (χ2n) is 5.46. The molecule has 11 heteroatoms. The molecule has 1 aromatic heterocycles. The second kappa shape index (κ2) is 7.51. The van der Waals surface area contributed by atoms with Crippen LogP contribution in [-0.2, 0) is 6.54 Å². The number of aromatic nitrogens is 2.